The number of alkyl halides is 3. The van der Waals surface area contributed by atoms with Crippen LogP contribution >= 0.6 is 0 Å². The number of nitrogens with one attached hydrogen (secondary N) is 1. The van der Waals surface area contributed by atoms with Crippen molar-refractivity contribution in [2.75, 3.05) is 6.54 Å². The number of hydrogen-bond donors (Lipinski definition) is 3. The number of hydrogen-bond acceptors (Lipinski definition) is 5. The molecule has 10 heteroatoms. The van der Waals surface area contributed by atoms with Gasteiger partial charge in [0.15, 0.2) is 0 Å². The standard InChI is InChI=1S/C13H13F3N2O5/c14-13(15,16)9(19)18-7-12(17,10(20)21)11(22)23-6-8-4-2-1-3-5-8/h1-5H,6-7,17H2,(H,18,19)(H,20,21)/t12-/m0/s1. The summed E-state index contributed by atoms with van der Waals surface area (Å²) in [6.45, 7) is -1.59. The molecule has 0 fully saturated rings. The minimum Gasteiger partial charge on any atom is -0.479 e. The quantitative estimate of drug-likeness (QED) is 0.505. The van der Waals surface area contributed by atoms with Crippen LogP contribution in [-0.4, -0.2) is 41.2 Å². The molecule has 1 aromatic carbocycles. The number of rotatable bonds is 6. The largest absolute Gasteiger partial charge is 0.479 e. The van der Waals surface area contributed by atoms with Gasteiger partial charge in [0.2, 0.25) is 5.54 Å². The number of carboxylic acid groups (broad SMARTS) is 1. The molecule has 4 N–H and O–H groups in total. The van der Waals surface area contributed by atoms with Gasteiger partial charge in [-0.2, -0.15) is 13.2 Å². The van der Waals surface area contributed by atoms with Gasteiger partial charge in [-0.3, -0.25) is 4.79 Å². The van der Waals surface area contributed by atoms with Crippen LogP contribution in [0.15, 0.2) is 30.3 Å². The normalized spacial score (nSPS) is 13.7. The molecule has 0 bridgehead atoms. The molecule has 0 heterocycles. The molecule has 0 radical (unpaired) electrons. The van der Waals surface area contributed by atoms with E-state index in [0.29, 0.717) is 5.56 Å². The van der Waals surface area contributed by atoms with Crippen LogP contribution in [-0.2, 0) is 25.7 Å². The van der Waals surface area contributed by atoms with Crippen molar-refractivity contribution < 1.29 is 37.4 Å². The average molecular weight is 334 g/mol. The van der Waals surface area contributed by atoms with Crippen LogP contribution in [0.1, 0.15) is 5.56 Å². The molecule has 1 rings (SSSR count). The Labute approximate surface area is 128 Å². The van der Waals surface area contributed by atoms with E-state index in [2.05, 4.69) is 0 Å². The lowest BCUT2D eigenvalue weighted by atomic mass is 10.0. The van der Waals surface area contributed by atoms with E-state index in [4.69, 9.17) is 15.6 Å². The number of carboxylic acids is 1. The van der Waals surface area contributed by atoms with Crippen molar-refractivity contribution in [2.45, 2.75) is 18.3 Å². The third-order valence-electron chi connectivity index (χ3n) is 2.74. The number of carbonyl (C=O) groups excluding carboxylic acids is 2. The fourth-order valence-corrected chi connectivity index (χ4v) is 1.41. The molecule has 0 spiro atoms. The Kier molecular flexibility index (Phi) is 5.68. The van der Waals surface area contributed by atoms with E-state index in [1.54, 1.807) is 30.3 Å². The summed E-state index contributed by atoms with van der Waals surface area (Å²) in [6.07, 6.45) is -5.23. The highest BCUT2D eigenvalue weighted by Crippen LogP contribution is 2.15. The summed E-state index contributed by atoms with van der Waals surface area (Å²) in [6, 6.07) is 8.14. The first kappa shape index (κ1) is 18.4. The number of nitrogens with two attached hydrogens (primary N) is 1. The zero-order valence-corrected chi connectivity index (χ0v) is 11.6. The van der Waals surface area contributed by atoms with E-state index in [0.717, 1.165) is 0 Å². The van der Waals surface area contributed by atoms with Crippen molar-refractivity contribution in [3.05, 3.63) is 35.9 Å². The molecule has 0 aliphatic carbocycles. The average Bonchev–Trinajstić information content (AvgIpc) is 2.49. The Morgan fingerprint density at radius 2 is 1.74 bits per heavy atom. The zero-order chi connectivity index (χ0) is 17.7. The Bertz CT molecular complexity index is 591. The smallest absolute Gasteiger partial charge is 0.471 e. The first-order valence-corrected chi connectivity index (χ1v) is 6.16. The van der Waals surface area contributed by atoms with Crippen molar-refractivity contribution in [1.82, 2.24) is 5.32 Å². The third-order valence-corrected chi connectivity index (χ3v) is 2.74. The summed E-state index contributed by atoms with van der Waals surface area (Å²) in [5.41, 5.74) is 2.97. The van der Waals surface area contributed by atoms with Gasteiger partial charge in [0.05, 0.1) is 6.54 Å². The number of benzene rings is 1. The molecule has 126 valence electrons. The fourth-order valence-electron chi connectivity index (χ4n) is 1.41. The topological polar surface area (TPSA) is 119 Å². The number of esters is 1. The molecular weight excluding hydrogens is 321 g/mol. The number of halogens is 3. The molecular formula is C13H13F3N2O5. The molecule has 0 unspecified atom stereocenters. The summed E-state index contributed by atoms with van der Waals surface area (Å²) >= 11 is 0. The fraction of sp³-hybridized carbons (Fsp3) is 0.308. The van der Waals surface area contributed by atoms with Crippen LogP contribution in [0, 0.1) is 0 Å². The molecule has 0 aliphatic heterocycles. The van der Waals surface area contributed by atoms with Gasteiger partial charge < -0.3 is 20.9 Å². The summed E-state index contributed by atoms with van der Waals surface area (Å²) < 4.78 is 40.9. The summed E-state index contributed by atoms with van der Waals surface area (Å²) in [5.74, 6) is -5.82. The van der Waals surface area contributed by atoms with E-state index in [-0.39, 0.29) is 6.61 Å². The van der Waals surface area contributed by atoms with Crippen LogP contribution < -0.4 is 11.1 Å². The minimum absolute atomic E-state index is 0.320. The second kappa shape index (κ2) is 7.09. The maximum Gasteiger partial charge on any atom is 0.471 e. The van der Waals surface area contributed by atoms with Gasteiger partial charge in [0.25, 0.3) is 0 Å². The Morgan fingerprint density at radius 1 is 1.17 bits per heavy atom. The predicted octanol–water partition coefficient (Wildman–Crippen LogP) is 0.190. The number of carbonyl (C=O) groups is 3. The first-order chi connectivity index (χ1) is 10.6. The Morgan fingerprint density at radius 3 is 2.22 bits per heavy atom. The Hall–Kier alpha value is -2.62. The van der Waals surface area contributed by atoms with E-state index in [1.165, 1.54) is 5.32 Å². The summed E-state index contributed by atoms with van der Waals surface area (Å²) in [4.78, 5) is 33.6. The highest BCUT2D eigenvalue weighted by molar-refractivity contribution is 6.04. The van der Waals surface area contributed by atoms with E-state index < -0.39 is 36.1 Å². The first-order valence-electron chi connectivity index (χ1n) is 6.16. The lowest BCUT2D eigenvalue weighted by molar-refractivity contribution is -0.175. The lowest BCUT2D eigenvalue weighted by Crippen LogP contribution is -2.63. The van der Waals surface area contributed by atoms with Crippen molar-refractivity contribution in [3.63, 3.8) is 0 Å². The van der Waals surface area contributed by atoms with Gasteiger partial charge in [-0.15, -0.1) is 0 Å². The van der Waals surface area contributed by atoms with Crippen LogP contribution in [0.2, 0.25) is 0 Å². The Balaban J connectivity index is 2.73. The maximum atomic E-state index is 12.1. The molecule has 0 saturated heterocycles. The van der Waals surface area contributed by atoms with Gasteiger partial charge in [-0.1, -0.05) is 30.3 Å². The number of ether oxygens (including phenoxy) is 1. The van der Waals surface area contributed by atoms with Gasteiger partial charge in [0, 0.05) is 0 Å². The van der Waals surface area contributed by atoms with Gasteiger partial charge >= 0.3 is 24.0 Å². The molecule has 1 aromatic rings. The molecule has 1 amide bonds. The molecule has 0 aromatic heterocycles. The highest BCUT2D eigenvalue weighted by Gasteiger charge is 2.47. The SMILES string of the molecule is N[C@@](CNC(=O)C(F)(F)F)(C(=O)O)C(=O)OCc1ccccc1. The van der Waals surface area contributed by atoms with Crippen LogP contribution in [0.3, 0.4) is 0 Å². The number of aliphatic carboxylic acids is 1. The van der Waals surface area contributed by atoms with Crippen molar-refractivity contribution in [3.8, 4) is 0 Å². The predicted molar refractivity (Wildman–Crippen MR) is 69.9 cm³/mol. The monoisotopic (exact) mass is 334 g/mol. The molecule has 0 saturated carbocycles. The van der Waals surface area contributed by atoms with Crippen LogP contribution in [0.4, 0.5) is 13.2 Å². The summed E-state index contributed by atoms with van der Waals surface area (Å²) in [5, 5.41) is 10.2. The number of amides is 1. The molecule has 0 aliphatic rings. The van der Waals surface area contributed by atoms with E-state index in [9.17, 15) is 27.6 Å². The minimum atomic E-state index is -5.23. The summed E-state index contributed by atoms with van der Waals surface area (Å²) in [7, 11) is 0. The van der Waals surface area contributed by atoms with E-state index >= 15 is 0 Å². The molecule has 1 atom stereocenters. The highest BCUT2D eigenvalue weighted by atomic mass is 19.4. The zero-order valence-electron chi connectivity index (χ0n) is 11.6. The second-order valence-corrected chi connectivity index (χ2v) is 4.52. The lowest BCUT2D eigenvalue weighted by Gasteiger charge is -2.23. The van der Waals surface area contributed by atoms with Crippen molar-refractivity contribution >= 4 is 17.8 Å². The van der Waals surface area contributed by atoms with Gasteiger partial charge in [0.1, 0.15) is 6.61 Å². The van der Waals surface area contributed by atoms with E-state index in [1.807, 2.05) is 0 Å². The second-order valence-electron chi connectivity index (χ2n) is 4.52. The molecule has 7 nitrogen and oxygen atoms in total. The van der Waals surface area contributed by atoms with Gasteiger partial charge in [-0.05, 0) is 5.56 Å². The van der Waals surface area contributed by atoms with Crippen molar-refractivity contribution in [2.24, 2.45) is 5.73 Å². The van der Waals surface area contributed by atoms with Gasteiger partial charge in [-0.25, -0.2) is 9.59 Å². The third kappa shape index (κ3) is 4.95. The van der Waals surface area contributed by atoms with Crippen LogP contribution in [0.25, 0.3) is 0 Å². The maximum absolute atomic E-state index is 12.1. The van der Waals surface area contributed by atoms with Crippen LogP contribution in [0.5, 0.6) is 0 Å². The van der Waals surface area contributed by atoms with Crippen molar-refractivity contribution in [1.29, 1.82) is 0 Å². The molecule has 23 heavy (non-hydrogen) atoms.